The van der Waals surface area contributed by atoms with Crippen LogP contribution in [0.4, 0.5) is 0 Å². The maximum absolute atomic E-state index is 11.6. The molecule has 2 N–H and O–H groups in total. The largest absolute Gasteiger partial charge is 0.480 e. The fourth-order valence-corrected chi connectivity index (χ4v) is 1.86. The molecule has 0 aromatic rings. The molecule has 0 fully saturated rings. The monoisotopic (exact) mass is 241 g/mol. The molecule has 0 radical (unpaired) electrons. The average molecular weight is 241 g/mol. The van der Waals surface area contributed by atoms with E-state index >= 15 is 0 Å². The van der Waals surface area contributed by atoms with E-state index in [0.29, 0.717) is 6.42 Å². The Kier molecular flexibility index (Phi) is 5.69. The highest BCUT2D eigenvalue weighted by Gasteiger charge is 2.20. The first-order valence-corrected chi connectivity index (χ1v) is 5.82. The Morgan fingerprint density at radius 2 is 2.29 bits per heavy atom. The van der Waals surface area contributed by atoms with Crippen molar-refractivity contribution in [2.24, 2.45) is 0 Å². The third-order valence-corrected chi connectivity index (χ3v) is 2.74. The number of methoxy groups -OCH3 is 1. The molecule has 0 bridgehead atoms. The number of allylic oxidation sites excluding steroid dienone is 1. The van der Waals surface area contributed by atoms with Crippen LogP contribution in [0.1, 0.15) is 32.1 Å². The van der Waals surface area contributed by atoms with Crippen LogP contribution in [0.3, 0.4) is 0 Å². The number of amides is 1. The van der Waals surface area contributed by atoms with Crippen LogP contribution in [-0.4, -0.2) is 36.7 Å². The molecule has 5 heteroatoms. The van der Waals surface area contributed by atoms with E-state index in [1.807, 2.05) is 0 Å². The van der Waals surface area contributed by atoms with E-state index in [1.165, 1.54) is 13.5 Å². The molecule has 1 atom stereocenters. The Balaban J connectivity index is 2.41. The number of nitrogens with one attached hydrogen (secondary N) is 1. The number of rotatable bonds is 6. The van der Waals surface area contributed by atoms with Gasteiger partial charge >= 0.3 is 5.97 Å². The highest BCUT2D eigenvalue weighted by atomic mass is 16.5. The van der Waals surface area contributed by atoms with Crippen molar-refractivity contribution in [3.05, 3.63) is 11.6 Å². The smallest absolute Gasteiger partial charge is 0.328 e. The van der Waals surface area contributed by atoms with Crippen molar-refractivity contribution >= 4 is 11.9 Å². The third-order valence-electron chi connectivity index (χ3n) is 2.74. The van der Waals surface area contributed by atoms with Gasteiger partial charge in [-0.1, -0.05) is 11.6 Å². The van der Waals surface area contributed by atoms with Gasteiger partial charge in [0, 0.05) is 13.5 Å². The molecular weight excluding hydrogens is 222 g/mol. The summed E-state index contributed by atoms with van der Waals surface area (Å²) >= 11 is 0. The first-order valence-electron chi connectivity index (χ1n) is 5.82. The van der Waals surface area contributed by atoms with Gasteiger partial charge in [-0.15, -0.1) is 0 Å². The fourth-order valence-electron chi connectivity index (χ4n) is 1.86. The lowest BCUT2D eigenvalue weighted by atomic mass is 9.97. The minimum atomic E-state index is -1.07. The molecule has 1 amide bonds. The van der Waals surface area contributed by atoms with Crippen LogP contribution in [0.15, 0.2) is 11.6 Å². The minimum absolute atomic E-state index is 0.0138. The predicted molar refractivity (Wildman–Crippen MR) is 62.6 cm³/mol. The molecule has 1 unspecified atom stereocenters. The lowest BCUT2D eigenvalue weighted by Gasteiger charge is -2.16. The second-order valence-electron chi connectivity index (χ2n) is 4.20. The van der Waals surface area contributed by atoms with Crippen molar-refractivity contribution in [3.63, 3.8) is 0 Å². The lowest BCUT2D eigenvalue weighted by Crippen LogP contribution is -2.43. The van der Waals surface area contributed by atoms with Gasteiger partial charge in [-0.3, -0.25) is 4.79 Å². The summed E-state index contributed by atoms with van der Waals surface area (Å²) in [7, 11) is 1.41. The van der Waals surface area contributed by atoms with Crippen LogP contribution in [-0.2, 0) is 14.3 Å². The van der Waals surface area contributed by atoms with Gasteiger partial charge in [0.2, 0.25) is 5.91 Å². The van der Waals surface area contributed by atoms with Crippen LogP contribution < -0.4 is 5.32 Å². The average Bonchev–Trinajstić information content (AvgIpc) is 2.29. The molecule has 1 aliphatic rings. The molecule has 0 aliphatic heterocycles. The van der Waals surface area contributed by atoms with Crippen molar-refractivity contribution < 1.29 is 19.4 Å². The van der Waals surface area contributed by atoms with E-state index in [9.17, 15) is 9.59 Å². The molecule has 0 spiro atoms. The summed E-state index contributed by atoms with van der Waals surface area (Å²) in [6.07, 6.45) is 6.62. The summed E-state index contributed by atoms with van der Waals surface area (Å²) in [5, 5.41) is 11.3. The zero-order valence-corrected chi connectivity index (χ0v) is 10.1. The Labute approximate surface area is 101 Å². The van der Waals surface area contributed by atoms with Gasteiger partial charge in [0.05, 0.1) is 6.61 Å². The second-order valence-corrected chi connectivity index (χ2v) is 4.20. The Bertz CT molecular complexity index is 312. The normalized spacial score (nSPS) is 17.1. The summed E-state index contributed by atoms with van der Waals surface area (Å²) < 4.78 is 4.75. The molecule has 5 nitrogen and oxygen atoms in total. The Morgan fingerprint density at radius 1 is 1.53 bits per heavy atom. The molecule has 0 aromatic carbocycles. The van der Waals surface area contributed by atoms with Gasteiger partial charge < -0.3 is 15.2 Å². The SMILES string of the molecule is COCC(NC(=O)CC1=CCCCC1)C(=O)O. The maximum atomic E-state index is 11.6. The van der Waals surface area contributed by atoms with Crippen molar-refractivity contribution in [2.45, 2.75) is 38.1 Å². The molecule has 1 aliphatic carbocycles. The van der Waals surface area contributed by atoms with Crippen LogP contribution in [0.5, 0.6) is 0 Å². The van der Waals surface area contributed by atoms with E-state index in [2.05, 4.69) is 11.4 Å². The van der Waals surface area contributed by atoms with Gasteiger partial charge in [0.15, 0.2) is 6.04 Å². The number of ether oxygens (including phenoxy) is 1. The quantitative estimate of drug-likeness (QED) is 0.683. The van der Waals surface area contributed by atoms with Gasteiger partial charge in [-0.05, 0) is 25.7 Å². The van der Waals surface area contributed by atoms with Crippen molar-refractivity contribution in [1.82, 2.24) is 5.32 Å². The number of carboxylic acid groups (broad SMARTS) is 1. The second kappa shape index (κ2) is 7.06. The molecule has 17 heavy (non-hydrogen) atoms. The van der Waals surface area contributed by atoms with E-state index in [0.717, 1.165) is 24.8 Å². The van der Waals surface area contributed by atoms with Crippen LogP contribution >= 0.6 is 0 Å². The van der Waals surface area contributed by atoms with E-state index in [-0.39, 0.29) is 12.5 Å². The molecule has 0 heterocycles. The van der Waals surface area contributed by atoms with Crippen LogP contribution in [0.2, 0.25) is 0 Å². The zero-order chi connectivity index (χ0) is 12.7. The number of hydrogen-bond acceptors (Lipinski definition) is 3. The lowest BCUT2D eigenvalue weighted by molar-refractivity contribution is -0.143. The molecular formula is C12H19NO4. The van der Waals surface area contributed by atoms with Crippen molar-refractivity contribution in [1.29, 1.82) is 0 Å². The molecule has 96 valence electrons. The Hall–Kier alpha value is -1.36. The maximum Gasteiger partial charge on any atom is 0.328 e. The summed E-state index contributed by atoms with van der Waals surface area (Å²) in [5.74, 6) is -1.32. The van der Waals surface area contributed by atoms with Gasteiger partial charge in [0.1, 0.15) is 0 Å². The van der Waals surface area contributed by atoms with Crippen LogP contribution in [0.25, 0.3) is 0 Å². The number of hydrogen-bond donors (Lipinski definition) is 2. The summed E-state index contributed by atoms with van der Waals surface area (Å²) in [6, 6.07) is -0.961. The van der Waals surface area contributed by atoms with Crippen molar-refractivity contribution in [2.75, 3.05) is 13.7 Å². The first-order chi connectivity index (χ1) is 8.13. The van der Waals surface area contributed by atoms with E-state index < -0.39 is 12.0 Å². The zero-order valence-electron chi connectivity index (χ0n) is 10.1. The predicted octanol–water partition coefficient (Wildman–Crippen LogP) is 1.09. The fraction of sp³-hybridized carbons (Fsp3) is 0.667. The van der Waals surface area contributed by atoms with Crippen LogP contribution in [0, 0.1) is 0 Å². The topological polar surface area (TPSA) is 75.6 Å². The van der Waals surface area contributed by atoms with Gasteiger partial charge in [0.25, 0.3) is 0 Å². The number of carboxylic acids is 1. The first kappa shape index (κ1) is 13.7. The van der Waals surface area contributed by atoms with E-state index in [4.69, 9.17) is 9.84 Å². The molecule has 0 aromatic heterocycles. The third kappa shape index (κ3) is 4.99. The minimum Gasteiger partial charge on any atom is -0.480 e. The standard InChI is InChI=1S/C12H19NO4/c1-17-8-10(12(15)16)13-11(14)7-9-5-3-2-4-6-9/h5,10H,2-4,6-8H2,1H3,(H,13,14)(H,15,16). The van der Waals surface area contributed by atoms with Gasteiger partial charge in [-0.2, -0.15) is 0 Å². The number of carbonyl (C=O) groups excluding carboxylic acids is 1. The molecule has 0 saturated heterocycles. The highest BCUT2D eigenvalue weighted by Crippen LogP contribution is 2.19. The summed E-state index contributed by atoms with van der Waals surface area (Å²) in [4.78, 5) is 22.4. The molecule has 1 rings (SSSR count). The van der Waals surface area contributed by atoms with Gasteiger partial charge in [-0.25, -0.2) is 4.79 Å². The number of aliphatic carboxylic acids is 1. The number of carbonyl (C=O) groups is 2. The summed E-state index contributed by atoms with van der Waals surface area (Å²) in [5.41, 5.74) is 1.11. The van der Waals surface area contributed by atoms with E-state index in [1.54, 1.807) is 0 Å². The molecule has 0 saturated carbocycles. The highest BCUT2D eigenvalue weighted by molar-refractivity contribution is 5.84. The Morgan fingerprint density at radius 3 is 2.82 bits per heavy atom. The van der Waals surface area contributed by atoms with Crippen molar-refractivity contribution in [3.8, 4) is 0 Å². The summed E-state index contributed by atoms with van der Waals surface area (Å²) in [6.45, 7) is -0.0138.